The summed E-state index contributed by atoms with van der Waals surface area (Å²) in [5.41, 5.74) is 5.54. The summed E-state index contributed by atoms with van der Waals surface area (Å²) in [4.78, 5) is 13.9. The summed E-state index contributed by atoms with van der Waals surface area (Å²) in [7, 11) is 0. The van der Waals surface area contributed by atoms with Crippen LogP contribution < -0.4 is 5.73 Å². The highest BCUT2D eigenvalue weighted by molar-refractivity contribution is 5.78. The first-order valence-corrected chi connectivity index (χ1v) is 7.47. The topological polar surface area (TPSA) is 46.3 Å². The quantitative estimate of drug-likeness (QED) is 0.932. The second-order valence-corrected chi connectivity index (χ2v) is 5.95. The number of piperidine rings is 1. The highest BCUT2D eigenvalue weighted by Gasteiger charge is 2.31. The molecule has 6 heteroatoms. The smallest absolute Gasteiger partial charge is 0.342 e. The monoisotopic (exact) mass is 314 g/mol. The molecule has 1 saturated heterocycles. The van der Waals surface area contributed by atoms with E-state index in [-0.39, 0.29) is 18.4 Å². The number of hydrogen-bond donors (Lipinski definition) is 1. The fourth-order valence-corrected chi connectivity index (χ4v) is 2.82. The minimum atomic E-state index is -4.38. The molecule has 1 aliphatic heterocycles. The van der Waals surface area contributed by atoms with Crippen molar-refractivity contribution in [2.75, 3.05) is 13.1 Å². The Morgan fingerprint density at radius 1 is 1.36 bits per heavy atom. The van der Waals surface area contributed by atoms with Gasteiger partial charge in [0.25, 0.3) is 0 Å². The van der Waals surface area contributed by atoms with Gasteiger partial charge in [-0.2, -0.15) is 13.2 Å². The summed E-state index contributed by atoms with van der Waals surface area (Å²) >= 11 is 0. The largest absolute Gasteiger partial charge is 0.416 e. The number of carbonyl (C=O) groups is 1. The number of amides is 1. The van der Waals surface area contributed by atoms with Crippen molar-refractivity contribution >= 4 is 5.91 Å². The van der Waals surface area contributed by atoms with Crippen LogP contribution in [-0.4, -0.2) is 29.9 Å². The average molecular weight is 314 g/mol. The predicted molar refractivity (Wildman–Crippen MR) is 78.1 cm³/mol. The van der Waals surface area contributed by atoms with Gasteiger partial charge in [-0.25, -0.2) is 0 Å². The Bertz CT molecular complexity index is 520. The molecule has 1 atom stereocenters. The minimum Gasteiger partial charge on any atom is -0.342 e. The zero-order valence-corrected chi connectivity index (χ0v) is 12.6. The number of benzene rings is 1. The molecule has 0 spiro atoms. The van der Waals surface area contributed by atoms with Crippen LogP contribution in [0.3, 0.4) is 0 Å². The van der Waals surface area contributed by atoms with Gasteiger partial charge >= 0.3 is 6.18 Å². The lowest BCUT2D eigenvalue weighted by molar-refractivity contribution is -0.138. The second-order valence-electron chi connectivity index (χ2n) is 5.95. The Labute approximate surface area is 128 Å². The Kier molecular flexibility index (Phi) is 5.11. The number of rotatable bonds is 3. The summed E-state index contributed by atoms with van der Waals surface area (Å²) < 4.78 is 38.0. The Balaban J connectivity index is 1.96. The molecule has 3 nitrogen and oxygen atoms in total. The Morgan fingerprint density at radius 2 is 2.00 bits per heavy atom. The van der Waals surface area contributed by atoms with E-state index in [2.05, 4.69) is 0 Å². The first-order chi connectivity index (χ1) is 10.3. The molecule has 2 N–H and O–H groups in total. The van der Waals surface area contributed by atoms with Gasteiger partial charge in [0.1, 0.15) is 0 Å². The van der Waals surface area contributed by atoms with Crippen LogP contribution in [0.15, 0.2) is 24.3 Å². The lowest BCUT2D eigenvalue weighted by Crippen LogP contribution is -2.43. The number of nitrogens with two attached hydrogens (primary N) is 1. The first-order valence-electron chi connectivity index (χ1n) is 7.47. The van der Waals surface area contributed by atoms with Crippen molar-refractivity contribution in [2.45, 2.75) is 38.4 Å². The van der Waals surface area contributed by atoms with Crippen LogP contribution in [0.4, 0.5) is 13.2 Å². The average Bonchev–Trinajstić information content (AvgIpc) is 2.46. The number of alkyl halides is 3. The molecule has 0 saturated carbocycles. The maximum Gasteiger partial charge on any atom is 0.416 e. The molecule has 1 heterocycles. The van der Waals surface area contributed by atoms with Crippen molar-refractivity contribution in [1.82, 2.24) is 4.90 Å². The minimum absolute atomic E-state index is 0.00671. The van der Waals surface area contributed by atoms with Gasteiger partial charge in [-0.3, -0.25) is 4.79 Å². The standard InChI is InChI=1S/C16H21F3N2O/c1-11(20)13-5-7-21(8-6-13)15(22)10-12-3-2-4-14(9-12)16(17,18)19/h2-4,9,11,13H,5-8,10,20H2,1H3. The zero-order chi connectivity index (χ0) is 16.3. The first kappa shape index (κ1) is 16.8. The third-order valence-electron chi connectivity index (χ3n) is 4.25. The van der Waals surface area contributed by atoms with Crippen molar-refractivity contribution < 1.29 is 18.0 Å². The summed E-state index contributed by atoms with van der Waals surface area (Å²) in [6, 6.07) is 5.07. The maximum absolute atomic E-state index is 12.7. The van der Waals surface area contributed by atoms with Crippen LogP contribution in [0.1, 0.15) is 30.9 Å². The molecule has 22 heavy (non-hydrogen) atoms. The lowest BCUT2D eigenvalue weighted by Gasteiger charge is -2.33. The number of likely N-dealkylation sites (tertiary alicyclic amines) is 1. The van der Waals surface area contributed by atoms with Crippen LogP contribution in [0, 0.1) is 5.92 Å². The van der Waals surface area contributed by atoms with Gasteiger partial charge in [-0.1, -0.05) is 18.2 Å². The lowest BCUT2D eigenvalue weighted by atomic mass is 9.90. The van der Waals surface area contributed by atoms with E-state index in [9.17, 15) is 18.0 Å². The van der Waals surface area contributed by atoms with E-state index in [1.54, 1.807) is 11.0 Å². The molecular formula is C16H21F3N2O. The molecule has 2 rings (SSSR count). The second kappa shape index (κ2) is 6.69. The summed E-state index contributed by atoms with van der Waals surface area (Å²) in [6.07, 6.45) is -2.67. The molecule has 1 amide bonds. The SMILES string of the molecule is CC(N)C1CCN(C(=O)Cc2cccc(C(F)(F)F)c2)CC1. The summed E-state index contributed by atoms with van der Waals surface area (Å²) in [6.45, 7) is 3.22. The molecule has 0 aliphatic carbocycles. The van der Waals surface area contributed by atoms with Crippen LogP contribution in [0.2, 0.25) is 0 Å². The van der Waals surface area contributed by atoms with Gasteiger partial charge in [0.05, 0.1) is 12.0 Å². The number of halogens is 3. The predicted octanol–water partition coefficient (Wildman–Crippen LogP) is 2.83. The molecule has 1 aliphatic rings. The van der Waals surface area contributed by atoms with Crippen LogP contribution in [0.25, 0.3) is 0 Å². The molecule has 0 bridgehead atoms. The van der Waals surface area contributed by atoms with Crippen LogP contribution in [-0.2, 0) is 17.4 Å². The summed E-state index contributed by atoms with van der Waals surface area (Å²) in [5.74, 6) is 0.292. The zero-order valence-electron chi connectivity index (χ0n) is 12.6. The molecule has 122 valence electrons. The molecule has 0 aromatic heterocycles. The van der Waals surface area contributed by atoms with Crippen molar-refractivity contribution in [3.8, 4) is 0 Å². The third kappa shape index (κ3) is 4.22. The van der Waals surface area contributed by atoms with Gasteiger partial charge in [0.2, 0.25) is 5.91 Å². The molecule has 1 aromatic carbocycles. The highest BCUT2D eigenvalue weighted by Crippen LogP contribution is 2.29. The maximum atomic E-state index is 12.7. The van der Waals surface area contributed by atoms with Crippen molar-refractivity contribution in [1.29, 1.82) is 0 Å². The van der Waals surface area contributed by atoms with E-state index in [1.807, 2.05) is 6.92 Å². The fraction of sp³-hybridized carbons (Fsp3) is 0.562. The van der Waals surface area contributed by atoms with Crippen molar-refractivity contribution in [3.63, 3.8) is 0 Å². The Hall–Kier alpha value is -1.56. The number of carbonyl (C=O) groups excluding carboxylic acids is 1. The van der Waals surface area contributed by atoms with E-state index in [4.69, 9.17) is 5.73 Å². The van der Waals surface area contributed by atoms with Gasteiger partial charge in [-0.05, 0) is 37.3 Å². The summed E-state index contributed by atoms with van der Waals surface area (Å²) in [5, 5.41) is 0. The van der Waals surface area contributed by atoms with Gasteiger partial charge in [0.15, 0.2) is 0 Å². The van der Waals surface area contributed by atoms with E-state index in [0.29, 0.717) is 24.6 Å². The molecule has 1 aromatic rings. The Morgan fingerprint density at radius 3 is 2.55 bits per heavy atom. The van der Waals surface area contributed by atoms with Crippen molar-refractivity contribution in [3.05, 3.63) is 35.4 Å². The van der Waals surface area contributed by atoms with E-state index in [1.165, 1.54) is 6.07 Å². The molecule has 1 fully saturated rings. The third-order valence-corrected chi connectivity index (χ3v) is 4.25. The van der Waals surface area contributed by atoms with E-state index < -0.39 is 11.7 Å². The van der Waals surface area contributed by atoms with Crippen molar-refractivity contribution in [2.24, 2.45) is 11.7 Å². The molecular weight excluding hydrogens is 293 g/mol. The normalized spacial score (nSPS) is 18.3. The van der Waals surface area contributed by atoms with Gasteiger partial charge in [0, 0.05) is 19.1 Å². The number of hydrogen-bond acceptors (Lipinski definition) is 2. The van der Waals surface area contributed by atoms with Crippen LogP contribution >= 0.6 is 0 Å². The number of nitrogens with zero attached hydrogens (tertiary/aromatic N) is 1. The van der Waals surface area contributed by atoms with Gasteiger partial charge < -0.3 is 10.6 Å². The molecule has 0 radical (unpaired) electrons. The van der Waals surface area contributed by atoms with Gasteiger partial charge in [-0.15, -0.1) is 0 Å². The highest BCUT2D eigenvalue weighted by atomic mass is 19.4. The van der Waals surface area contributed by atoms with Crippen LogP contribution in [0.5, 0.6) is 0 Å². The molecule has 1 unspecified atom stereocenters. The fourth-order valence-electron chi connectivity index (χ4n) is 2.82. The van der Waals surface area contributed by atoms with E-state index >= 15 is 0 Å². The van der Waals surface area contributed by atoms with E-state index in [0.717, 1.165) is 25.0 Å².